The molecular formula is C9H9N. The summed E-state index contributed by atoms with van der Waals surface area (Å²) >= 11 is 0. The zero-order chi connectivity index (χ0) is 7.40. The summed E-state index contributed by atoms with van der Waals surface area (Å²) < 4.78 is 0. The van der Waals surface area contributed by atoms with Crippen molar-refractivity contribution < 1.29 is 0 Å². The van der Waals surface area contributed by atoms with Crippen molar-refractivity contribution in [2.24, 2.45) is 0 Å². The van der Waals surface area contributed by atoms with Crippen molar-refractivity contribution in [3.8, 4) is 11.8 Å². The minimum atomic E-state index is 0.747. The summed E-state index contributed by atoms with van der Waals surface area (Å²) in [6.45, 7) is 1.80. The van der Waals surface area contributed by atoms with Gasteiger partial charge in [0.25, 0.3) is 0 Å². The molecule has 0 spiro atoms. The van der Waals surface area contributed by atoms with Crippen LogP contribution in [0.25, 0.3) is 0 Å². The lowest BCUT2D eigenvalue weighted by Gasteiger charge is -1.93. The van der Waals surface area contributed by atoms with Gasteiger partial charge in [-0.05, 0) is 19.1 Å². The number of hydrogen-bond donors (Lipinski definition) is 1. The predicted molar refractivity (Wildman–Crippen MR) is 43.4 cm³/mol. The monoisotopic (exact) mass is 131 g/mol. The van der Waals surface area contributed by atoms with Crippen LogP contribution < -0.4 is 5.73 Å². The summed E-state index contributed by atoms with van der Waals surface area (Å²) in [4.78, 5) is 0. The first-order valence-electron chi connectivity index (χ1n) is 3.12. The number of rotatable bonds is 0. The molecule has 0 radical (unpaired) electrons. The quantitative estimate of drug-likeness (QED) is 0.420. The molecule has 0 amide bonds. The number of nitrogen functional groups attached to an aromatic ring is 1. The summed E-state index contributed by atoms with van der Waals surface area (Å²) in [7, 11) is 0. The van der Waals surface area contributed by atoms with Crippen molar-refractivity contribution in [2.45, 2.75) is 6.92 Å². The van der Waals surface area contributed by atoms with E-state index < -0.39 is 0 Å². The Morgan fingerprint density at radius 1 is 1.30 bits per heavy atom. The molecule has 0 saturated heterocycles. The van der Waals surface area contributed by atoms with Crippen molar-refractivity contribution in [1.82, 2.24) is 0 Å². The molecule has 0 aromatic heterocycles. The SMILES string of the molecule is CC#Cc1ccccc1N. The van der Waals surface area contributed by atoms with Crippen molar-refractivity contribution in [3.05, 3.63) is 29.8 Å². The maximum atomic E-state index is 5.60. The first kappa shape index (κ1) is 6.70. The van der Waals surface area contributed by atoms with Crippen molar-refractivity contribution >= 4 is 5.69 Å². The smallest absolute Gasteiger partial charge is 0.0474 e. The van der Waals surface area contributed by atoms with E-state index in [0.717, 1.165) is 11.3 Å². The average molecular weight is 131 g/mol. The molecular weight excluding hydrogens is 122 g/mol. The zero-order valence-electron chi connectivity index (χ0n) is 5.89. The van der Waals surface area contributed by atoms with Crippen molar-refractivity contribution in [2.75, 3.05) is 5.73 Å². The van der Waals surface area contributed by atoms with Gasteiger partial charge in [-0.2, -0.15) is 0 Å². The van der Waals surface area contributed by atoms with Crippen LogP contribution in [0.3, 0.4) is 0 Å². The Morgan fingerprint density at radius 3 is 2.60 bits per heavy atom. The molecule has 0 aliphatic carbocycles. The number of hydrogen-bond acceptors (Lipinski definition) is 1. The maximum Gasteiger partial charge on any atom is 0.0474 e. The van der Waals surface area contributed by atoms with Crippen LogP contribution in [0.5, 0.6) is 0 Å². The van der Waals surface area contributed by atoms with Gasteiger partial charge in [0.15, 0.2) is 0 Å². The molecule has 0 aliphatic heterocycles. The predicted octanol–water partition coefficient (Wildman–Crippen LogP) is 1.64. The lowest BCUT2D eigenvalue weighted by Crippen LogP contribution is -1.87. The van der Waals surface area contributed by atoms with E-state index in [4.69, 9.17) is 5.73 Å². The van der Waals surface area contributed by atoms with Gasteiger partial charge >= 0.3 is 0 Å². The van der Waals surface area contributed by atoms with Gasteiger partial charge in [-0.15, -0.1) is 5.92 Å². The largest absolute Gasteiger partial charge is 0.398 e. The summed E-state index contributed by atoms with van der Waals surface area (Å²) in [5, 5.41) is 0. The third kappa shape index (κ3) is 1.29. The Balaban J connectivity index is 3.11. The topological polar surface area (TPSA) is 26.0 Å². The normalized spacial score (nSPS) is 8.10. The maximum absolute atomic E-state index is 5.60. The van der Waals surface area contributed by atoms with Crippen LogP contribution in [-0.4, -0.2) is 0 Å². The molecule has 0 fully saturated rings. The third-order valence-corrected chi connectivity index (χ3v) is 1.22. The fourth-order valence-electron chi connectivity index (χ4n) is 0.746. The highest BCUT2D eigenvalue weighted by molar-refractivity contribution is 5.55. The summed E-state index contributed by atoms with van der Waals surface area (Å²) in [6.07, 6.45) is 0. The lowest BCUT2D eigenvalue weighted by atomic mass is 10.2. The van der Waals surface area contributed by atoms with Gasteiger partial charge in [-0.25, -0.2) is 0 Å². The molecule has 1 aromatic rings. The van der Waals surface area contributed by atoms with E-state index in [1.54, 1.807) is 6.92 Å². The van der Waals surface area contributed by atoms with Gasteiger partial charge in [0.2, 0.25) is 0 Å². The molecule has 0 unspecified atom stereocenters. The molecule has 0 bridgehead atoms. The van der Waals surface area contributed by atoms with Gasteiger partial charge in [-0.1, -0.05) is 18.1 Å². The number of para-hydroxylation sites is 1. The highest BCUT2D eigenvalue weighted by Gasteiger charge is 1.88. The Hall–Kier alpha value is -1.42. The summed E-state index contributed by atoms with van der Waals surface area (Å²) in [5.74, 6) is 5.70. The molecule has 1 rings (SSSR count). The van der Waals surface area contributed by atoms with Crippen molar-refractivity contribution in [3.63, 3.8) is 0 Å². The molecule has 0 atom stereocenters. The molecule has 1 aromatic carbocycles. The van der Waals surface area contributed by atoms with Crippen LogP contribution in [0.4, 0.5) is 5.69 Å². The fraction of sp³-hybridized carbons (Fsp3) is 0.111. The van der Waals surface area contributed by atoms with Crippen LogP contribution >= 0.6 is 0 Å². The van der Waals surface area contributed by atoms with Gasteiger partial charge in [0, 0.05) is 11.3 Å². The molecule has 0 heterocycles. The third-order valence-electron chi connectivity index (χ3n) is 1.22. The first-order chi connectivity index (χ1) is 4.84. The number of benzene rings is 1. The van der Waals surface area contributed by atoms with E-state index in [9.17, 15) is 0 Å². The van der Waals surface area contributed by atoms with Crippen LogP contribution in [0.2, 0.25) is 0 Å². The van der Waals surface area contributed by atoms with Gasteiger partial charge in [-0.3, -0.25) is 0 Å². The molecule has 0 saturated carbocycles. The highest BCUT2D eigenvalue weighted by atomic mass is 14.5. The minimum absolute atomic E-state index is 0.747. The molecule has 0 aliphatic rings. The molecule has 1 nitrogen and oxygen atoms in total. The van der Waals surface area contributed by atoms with E-state index in [1.807, 2.05) is 24.3 Å². The van der Waals surface area contributed by atoms with Gasteiger partial charge < -0.3 is 5.73 Å². The molecule has 1 heteroatoms. The summed E-state index contributed by atoms with van der Waals surface area (Å²) in [5.41, 5.74) is 7.26. The minimum Gasteiger partial charge on any atom is -0.398 e. The number of nitrogens with two attached hydrogens (primary N) is 1. The number of anilines is 1. The second kappa shape index (κ2) is 2.93. The standard InChI is InChI=1S/C9H9N/c1-2-5-8-6-3-4-7-9(8)10/h3-4,6-7H,10H2,1H3. The Bertz CT molecular complexity index is 278. The molecule has 10 heavy (non-hydrogen) atoms. The van der Waals surface area contributed by atoms with Crippen LogP contribution in [0.15, 0.2) is 24.3 Å². The van der Waals surface area contributed by atoms with E-state index in [1.165, 1.54) is 0 Å². The van der Waals surface area contributed by atoms with Gasteiger partial charge in [0.1, 0.15) is 0 Å². The van der Waals surface area contributed by atoms with Crippen LogP contribution in [0, 0.1) is 11.8 Å². The van der Waals surface area contributed by atoms with E-state index in [0.29, 0.717) is 0 Å². The average Bonchev–Trinajstić information content (AvgIpc) is 1.94. The first-order valence-corrected chi connectivity index (χ1v) is 3.12. The molecule has 50 valence electrons. The fourth-order valence-corrected chi connectivity index (χ4v) is 0.746. The lowest BCUT2D eigenvalue weighted by molar-refractivity contribution is 1.62. The second-order valence-corrected chi connectivity index (χ2v) is 1.96. The highest BCUT2D eigenvalue weighted by Crippen LogP contribution is 2.07. The van der Waals surface area contributed by atoms with Crippen molar-refractivity contribution in [1.29, 1.82) is 0 Å². The van der Waals surface area contributed by atoms with E-state index >= 15 is 0 Å². The van der Waals surface area contributed by atoms with E-state index in [-0.39, 0.29) is 0 Å². The van der Waals surface area contributed by atoms with E-state index in [2.05, 4.69) is 11.8 Å². The van der Waals surface area contributed by atoms with Crippen LogP contribution in [0.1, 0.15) is 12.5 Å². The van der Waals surface area contributed by atoms with Gasteiger partial charge in [0.05, 0.1) is 0 Å². The Morgan fingerprint density at radius 2 is 2.00 bits per heavy atom. The second-order valence-electron chi connectivity index (χ2n) is 1.96. The van der Waals surface area contributed by atoms with Crippen LogP contribution in [-0.2, 0) is 0 Å². The Kier molecular flexibility index (Phi) is 1.96. The summed E-state index contributed by atoms with van der Waals surface area (Å²) in [6, 6.07) is 7.58. The molecule has 2 N–H and O–H groups in total. The Labute approximate surface area is 60.9 Å². The zero-order valence-corrected chi connectivity index (χ0v) is 5.89.